The van der Waals surface area contributed by atoms with Gasteiger partial charge in [0.05, 0.1) is 25.2 Å². The smallest absolute Gasteiger partial charge is 0.271 e. The number of amides is 2. The summed E-state index contributed by atoms with van der Waals surface area (Å²) in [7, 11) is 1.51. The van der Waals surface area contributed by atoms with E-state index in [-0.39, 0.29) is 23.2 Å². The first-order valence-corrected chi connectivity index (χ1v) is 7.81. The van der Waals surface area contributed by atoms with Crippen molar-refractivity contribution in [2.24, 2.45) is 17.4 Å². The van der Waals surface area contributed by atoms with Gasteiger partial charge < -0.3 is 26.8 Å². The van der Waals surface area contributed by atoms with Crippen LogP contribution in [-0.2, 0) is 4.79 Å². The Balaban J connectivity index is 2.32. The molecule has 2 amide bonds. The Hall–Kier alpha value is -3.43. The molecule has 2 aromatic heterocycles. The summed E-state index contributed by atoms with van der Waals surface area (Å²) in [6.07, 6.45) is 2.82. The summed E-state index contributed by atoms with van der Waals surface area (Å²) >= 11 is 0. The standard InChI is InChI=1S/C16H21N7O3/c1-8(2)12(14(17)24)22-10-7-20-13(15(18)25)16(23-10)21-9-4-5-11(26-3)19-6-9/h4-8,12H,1-3H3,(H2,17,24)(H2,18,25)(H2,21,22,23)/t12-/m1/s1. The minimum atomic E-state index is -0.747. The highest BCUT2D eigenvalue weighted by molar-refractivity contribution is 5.96. The zero-order chi connectivity index (χ0) is 19.3. The molecular weight excluding hydrogens is 338 g/mol. The molecular formula is C16H21N7O3. The number of hydrogen-bond acceptors (Lipinski definition) is 8. The molecule has 0 aliphatic rings. The number of hydrogen-bond donors (Lipinski definition) is 4. The summed E-state index contributed by atoms with van der Waals surface area (Å²) in [4.78, 5) is 35.5. The van der Waals surface area contributed by atoms with Crippen LogP contribution in [0.25, 0.3) is 0 Å². The number of ether oxygens (including phenoxy) is 1. The van der Waals surface area contributed by atoms with E-state index in [0.29, 0.717) is 11.6 Å². The predicted octanol–water partition coefficient (Wildman–Crippen LogP) is 0.645. The van der Waals surface area contributed by atoms with E-state index in [1.165, 1.54) is 19.5 Å². The van der Waals surface area contributed by atoms with Gasteiger partial charge in [-0.2, -0.15) is 0 Å². The van der Waals surface area contributed by atoms with Crippen LogP contribution in [0.2, 0.25) is 0 Å². The van der Waals surface area contributed by atoms with Crippen molar-refractivity contribution in [3.63, 3.8) is 0 Å². The number of aromatic nitrogens is 3. The quantitative estimate of drug-likeness (QED) is 0.534. The third-order valence-corrected chi connectivity index (χ3v) is 3.49. The molecule has 1 atom stereocenters. The number of carbonyl (C=O) groups is 2. The monoisotopic (exact) mass is 359 g/mol. The maximum absolute atomic E-state index is 11.6. The second kappa shape index (κ2) is 8.10. The predicted molar refractivity (Wildman–Crippen MR) is 96.1 cm³/mol. The van der Waals surface area contributed by atoms with E-state index >= 15 is 0 Å². The molecule has 2 aromatic rings. The molecule has 0 unspecified atom stereocenters. The second-order valence-corrected chi connectivity index (χ2v) is 5.80. The van der Waals surface area contributed by atoms with Crippen LogP contribution in [0.5, 0.6) is 5.88 Å². The zero-order valence-electron chi connectivity index (χ0n) is 14.7. The van der Waals surface area contributed by atoms with Gasteiger partial charge in [0.15, 0.2) is 11.5 Å². The van der Waals surface area contributed by atoms with Gasteiger partial charge >= 0.3 is 0 Å². The molecule has 0 aliphatic carbocycles. The number of nitrogens with zero attached hydrogens (tertiary/aromatic N) is 3. The molecule has 10 nitrogen and oxygen atoms in total. The van der Waals surface area contributed by atoms with Crippen molar-refractivity contribution < 1.29 is 14.3 Å². The number of carbonyl (C=O) groups excluding carboxylic acids is 2. The molecule has 0 bridgehead atoms. The highest BCUT2D eigenvalue weighted by atomic mass is 16.5. The Morgan fingerprint density at radius 3 is 2.38 bits per heavy atom. The SMILES string of the molecule is COc1ccc(Nc2nc(N[C@@H](C(N)=O)C(C)C)cnc2C(N)=O)cn1. The molecule has 0 fully saturated rings. The van der Waals surface area contributed by atoms with Gasteiger partial charge in [0.25, 0.3) is 5.91 Å². The first-order valence-electron chi connectivity index (χ1n) is 7.81. The number of anilines is 3. The van der Waals surface area contributed by atoms with E-state index < -0.39 is 17.9 Å². The number of rotatable bonds is 8. The Labute approximate surface area is 150 Å². The lowest BCUT2D eigenvalue weighted by atomic mass is 10.0. The summed E-state index contributed by atoms with van der Waals surface area (Å²) in [6, 6.07) is 2.70. The maximum atomic E-state index is 11.6. The largest absolute Gasteiger partial charge is 0.481 e. The fourth-order valence-electron chi connectivity index (χ4n) is 2.16. The van der Waals surface area contributed by atoms with Crippen LogP contribution >= 0.6 is 0 Å². The third kappa shape index (κ3) is 4.56. The summed E-state index contributed by atoms with van der Waals surface area (Å²) in [6.45, 7) is 3.69. The molecule has 10 heteroatoms. The minimum Gasteiger partial charge on any atom is -0.481 e. The number of nitrogens with two attached hydrogens (primary N) is 2. The van der Waals surface area contributed by atoms with E-state index in [0.717, 1.165) is 0 Å². The first kappa shape index (κ1) is 18.9. The normalized spacial score (nSPS) is 11.7. The van der Waals surface area contributed by atoms with E-state index in [2.05, 4.69) is 25.6 Å². The lowest BCUT2D eigenvalue weighted by Gasteiger charge is -2.20. The lowest BCUT2D eigenvalue weighted by molar-refractivity contribution is -0.119. The molecule has 0 aromatic carbocycles. The minimum absolute atomic E-state index is 0.0495. The summed E-state index contributed by atoms with van der Waals surface area (Å²) in [5, 5.41) is 5.84. The fourth-order valence-corrected chi connectivity index (χ4v) is 2.16. The number of primary amides is 2. The van der Waals surface area contributed by atoms with Crippen molar-refractivity contribution in [1.29, 1.82) is 0 Å². The molecule has 0 saturated carbocycles. The molecule has 2 heterocycles. The number of nitrogens with one attached hydrogen (secondary N) is 2. The third-order valence-electron chi connectivity index (χ3n) is 3.49. The topological polar surface area (TPSA) is 158 Å². The highest BCUT2D eigenvalue weighted by Crippen LogP contribution is 2.21. The fraction of sp³-hybridized carbons (Fsp3) is 0.312. The molecule has 0 radical (unpaired) electrons. The van der Waals surface area contributed by atoms with Crippen LogP contribution in [0.15, 0.2) is 24.5 Å². The van der Waals surface area contributed by atoms with Gasteiger partial charge in [-0.25, -0.2) is 15.0 Å². The molecule has 138 valence electrons. The van der Waals surface area contributed by atoms with Gasteiger partial charge in [-0.05, 0) is 12.0 Å². The van der Waals surface area contributed by atoms with Crippen LogP contribution < -0.4 is 26.8 Å². The van der Waals surface area contributed by atoms with E-state index in [4.69, 9.17) is 16.2 Å². The Bertz CT molecular complexity index is 793. The second-order valence-electron chi connectivity index (χ2n) is 5.80. The molecule has 0 spiro atoms. The molecule has 2 rings (SSSR count). The van der Waals surface area contributed by atoms with Crippen LogP contribution in [0.4, 0.5) is 17.3 Å². The van der Waals surface area contributed by atoms with Crippen molar-refractivity contribution in [2.75, 3.05) is 17.7 Å². The van der Waals surface area contributed by atoms with Crippen LogP contribution in [0, 0.1) is 5.92 Å². The Morgan fingerprint density at radius 2 is 1.88 bits per heavy atom. The average Bonchev–Trinajstić information content (AvgIpc) is 2.59. The first-order chi connectivity index (χ1) is 12.3. The highest BCUT2D eigenvalue weighted by Gasteiger charge is 2.21. The lowest BCUT2D eigenvalue weighted by Crippen LogP contribution is -2.39. The van der Waals surface area contributed by atoms with Gasteiger partial charge in [0, 0.05) is 6.07 Å². The molecule has 0 aliphatic heterocycles. The van der Waals surface area contributed by atoms with Crippen molar-refractivity contribution in [2.45, 2.75) is 19.9 Å². The maximum Gasteiger partial charge on any atom is 0.271 e. The van der Waals surface area contributed by atoms with Crippen LogP contribution in [0.3, 0.4) is 0 Å². The summed E-state index contributed by atoms with van der Waals surface area (Å²) in [5.74, 6) is -0.489. The summed E-state index contributed by atoms with van der Waals surface area (Å²) in [5.41, 5.74) is 11.2. The van der Waals surface area contributed by atoms with Gasteiger partial charge in [0.2, 0.25) is 11.8 Å². The van der Waals surface area contributed by atoms with Crippen molar-refractivity contribution >= 4 is 29.1 Å². The van der Waals surface area contributed by atoms with Crippen LogP contribution in [-0.4, -0.2) is 39.9 Å². The Kier molecular flexibility index (Phi) is 5.89. The molecule has 0 saturated heterocycles. The van der Waals surface area contributed by atoms with Gasteiger partial charge in [0.1, 0.15) is 11.9 Å². The number of methoxy groups -OCH3 is 1. The van der Waals surface area contributed by atoms with E-state index in [1.807, 2.05) is 13.8 Å². The van der Waals surface area contributed by atoms with Crippen molar-refractivity contribution in [3.8, 4) is 5.88 Å². The van der Waals surface area contributed by atoms with Crippen molar-refractivity contribution in [1.82, 2.24) is 15.0 Å². The van der Waals surface area contributed by atoms with E-state index in [1.54, 1.807) is 12.1 Å². The van der Waals surface area contributed by atoms with Gasteiger partial charge in [-0.3, -0.25) is 9.59 Å². The van der Waals surface area contributed by atoms with Crippen LogP contribution in [0.1, 0.15) is 24.3 Å². The average molecular weight is 359 g/mol. The van der Waals surface area contributed by atoms with E-state index in [9.17, 15) is 9.59 Å². The number of pyridine rings is 1. The zero-order valence-corrected chi connectivity index (χ0v) is 14.7. The van der Waals surface area contributed by atoms with Gasteiger partial charge in [-0.1, -0.05) is 13.8 Å². The molecule has 26 heavy (non-hydrogen) atoms. The summed E-state index contributed by atoms with van der Waals surface area (Å²) < 4.78 is 4.99. The van der Waals surface area contributed by atoms with Gasteiger partial charge in [-0.15, -0.1) is 0 Å². The molecule has 6 N–H and O–H groups in total. The van der Waals surface area contributed by atoms with Crippen molar-refractivity contribution in [3.05, 3.63) is 30.2 Å². The Morgan fingerprint density at radius 1 is 1.15 bits per heavy atom.